The van der Waals surface area contributed by atoms with Gasteiger partial charge in [0, 0.05) is 6.42 Å². The molecule has 0 unspecified atom stereocenters. The number of amides is 1. The van der Waals surface area contributed by atoms with E-state index in [9.17, 15) is 4.79 Å². The number of hydrogen-bond donors (Lipinski definition) is 2. The molecule has 4 rings (SSSR count). The average Bonchev–Trinajstić information content (AvgIpc) is 2.65. The van der Waals surface area contributed by atoms with Gasteiger partial charge in [-0.15, -0.1) is 0 Å². The molecule has 0 bridgehead atoms. The lowest BCUT2D eigenvalue weighted by atomic mass is 9.86. The quantitative estimate of drug-likeness (QED) is 0.491. The maximum absolute atomic E-state index is 11.2. The van der Waals surface area contributed by atoms with E-state index in [4.69, 9.17) is 11.5 Å². The van der Waals surface area contributed by atoms with Crippen molar-refractivity contribution < 1.29 is 4.79 Å². The van der Waals surface area contributed by atoms with E-state index in [1.165, 1.54) is 43.4 Å². The van der Waals surface area contributed by atoms with Crippen LogP contribution in [0.25, 0.3) is 32.3 Å². The zero-order valence-corrected chi connectivity index (χ0v) is 14.9. The van der Waals surface area contributed by atoms with Gasteiger partial charge in [0.05, 0.1) is 0 Å². The van der Waals surface area contributed by atoms with Gasteiger partial charge in [0.2, 0.25) is 5.91 Å². The van der Waals surface area contributed by atoms with Gasteiger partial charge in [-0.3, -0.25) is 4.79 Å². The minimum atomic E-state index is -0.230. The summed E-state index contributed by atoms with van der Waals surface area (Å²) < 4.78 is 0. The van der Waals surface area contributed by atoms with Crippen molar-refractivity contribution in [3.05, 3.63) is 59.7 Å². The third-order valence-electron chi connectivity index (χ3n) is 5.35. The van der Waals surface area contributed by atoms with Crippen molar-refractivity contribution in [1.82, 2.24) is 0 Å². The molecule has 132 valence electrons. The Bertz CT molecular complexity index is 1070. The van der Waals surface area contributed by atoms with Crippen LogP contribution in [0.1, 0.15) is 30.4 Å². The van der Waals surface area contributed by atoms with Crippen molar-refractivity contribution in [3.8, 4) is 0 Å². The molecule has 0 radical (unpaired) electrons. The summed E-state index contributed by atoms with van der Waals surface area (Å²) in [6.07, 6.45) is 4.03. The molecule has 1 amide bonds. The summed E-state index contributed by atoms with van der Waals surface area (Å²) in [7, 11) is 0. The van der Waals surface area contributed by atoms with Crippen LogP contribution < -0.4 is 11.5 Å². The Morgan fingerprint density at radius 3 is 2.31 bits per heavy atom. The fourth-order valence-corrected chi connectivity index (χ4v) is 4.18. The largest absolute Gasteiger partial charge is 0.370 e. The van der Waals surface area contributed by atoms with Gasteiger partial charge in [-0.2, -0.15) is 0 Å². The Morgan fingerprint density at radius 1 is 0.846 bits per heavy atom. The summed E-state index contributed by atoms with van der Waals surface area (Å²) in [4.78, 5) is 11.2. The van der Waals surface area contributed by atoms with Gasteiger partial charge in [0.25, 0.3) is 0 Å². The highest BCUT2D eigenvalue weighted by Gasteiger charge is 2.14. The molecule has 4 aromatic carbocycles. The van der Waals surface area contributed by atoms with E-state index < -0.39 is 0 Å². The number of carbonyl (C=O) groups excluding carboxylic acids is 1. The number of hydrogen-bond acceptors (Lipinski definition) is 2. The molecule has 0 fully saturated rings. The summed E-state index contributed by atoms with van der Waals surface area (Å²) in [5.41, 5.74) is 13.8. The van der Waals surface area contributed by atoms with Gasteiger partial charge < -0.3 is 11.5 Å². The third-order valence-corrected chi connectivity index (χ3v) is 5.35. The molecule has 3 nitrogen and oxygen atoms in total. The molecule has 0 aromatic heterocycles. The summed E-state index contributed by atoms with van der Waals surface area (Å²) >= 11 is 0. The Morgan fingerprint density at radius 2 is 1.58 bits per heavy atom. The minimum Gasteiger partial charge on any atom is -0.370 e. The molecular weight excluding hydrogens is 320 g/mol. The number of rotatable bonds is 7. The number of benzene rings is 4. The van der Waals surface area contributed by atoms with Crippen molar-refractivity contribution >= 4 is 38.2 Å². The molecule has 4 N–H and O–H groups in total. The standard InChI is InChI=1S/C23H24N2O/c24-13-3-6-17-14-18-10-9-15-4-1-5-16-11-12-20(23(18)22(15)16)19(17)7-2-8-21(25)26/h1,4-5,9-12,14H,2-3,6-8,13,24H2,(H2,25,26). The molecule has 3 heteroatoms. The molecule has 0 heterocycles. The summed E-state index contributed by atoms with van der Waals surface area (Å²) in [5, 5.41) is 7.82. The number of primary amides is 1. The molecule has 0 saturated carbocycles. The summed E-state index contributed by atoms with van der Waals surface area (Å²) in [6.45, 7) is 0.686. The second-order valence-electron chi connectivity index (χ2n) is 7.08. The van der Waals surface area contributed by atoms with Crippen molar-refractivity contribution in [2.24, 2.45) is 11.5 Å². The lowest BCUT2D eigenvalue weighted by molar-refractivity contribution is -0.118. The number of aryl methyl sites for hydroxylation is 2. The molecule has 4 aromatic rings. The average molecular weight is 344 g/mol. The number of nitrogens with two attached hydrogens (primary N) is 2. The maximum atomic E-state index is 11.2. The Hall–Kier alpha value is -2.65. The highest BCUT2D eigenvalue weighted by atomic mass is 16.1. The van der Waals surface area contributed by atoms with Crippen molar-refractivity contribution in [2.45, 2.75) is 32.1 Å². The first-order valence-corrected chi connectivity index (χ1v) is 9.35. The van der Waals surface area contributed by atoms with E-state index in [0.29, 0.717) is 13.0 Å². The summed E-state index contributed by atoms with van der Waals surface area (Å²) in [5.74, 6) is -0.230. The first kappa shape index (κ1) is 16.8. The van der Waals surface area contributed by atoms with Gasteiger partial charge in [0.15, 0.2) is 0 Å². The van der Waals surface area contributed by atoms with Crippen molar-refractivity contribution in [2.75, 3.05) is 6.54 Å². The fourth-order valence-electron chi connectivity index (χ4n) is 4.18. The Balaban J connectivity index is 1.95. The van der Waals surface area contributed by atoms with E-state index in [1.807, 2.05) is 0 Å². The normalized spacial score (nSPS) is 11.7. The molecular formula is C23H24N2O. The van der Waals surface area contributed by atoms with Crippen molar-refractivity contribution in [3.63, 3.8) is 0 Å². The lowest BCUT2D eigenvalue weighted by Gasteiger charge is -2.18. The smallest absolute Gasteiger partial charge is 0.217 e. The van der Waals surface area contributed by atoms with Crippen molar-refractivity contribution in [1.29, 1.82) is 0 Å². The predicted molar refractivity (Wildman–Crippen MR) is 110 cm³/mol. The first-order chi connectivity index (χ1) is 12.7. The fraction of sp³-hybridized carbons (Fsp3) is 0.261. The van der Waals surface area contributed by atoms with Crippen LogP contribution in [0.4, 0.5) is 0 Å². The van der Waals surface area contributed by atoms with Crippen LogP contribution in [0.5, 0.6) is 0 Å². The van der Waals surface area contributed by atoms with Crippen LogP contribution in [0, 0.1) is 0 Å². The molecule has 0 atom stereocenters. The molecule has 0 aliphatic heterocycles. The second-order valence-corrected chi connectivity index (χ2v) is 7.08. The molecule has 0 spiro atoms. The monoisotopic (exact) mass is 344 g/mol. The zero-order chi connectivity index (χ0) is 18.1. The summed E-state index contributed by atoms with van der Waals surface area (Å²) in [6, 6.07) is 17.7. The van der Waals surface area contributed by atoms with Crippen LogP contribution in [0.2, 0.25) is 0 Å². The van der Waals surface area contributed by atoms with Gasteiger partial charge in [-0.1, -0.05) is 48.5 Å². The van der Waals surface area contributed by atoms with E-state index in [-0.39, 0.29) is 5.91 Å². The Kier molecular flexibility index (Phi) is 4.48. The second kappa shape index (κ2) is 6.93. The van der Waals surface area contributed by atoms with Crippen LogP contribution in [0.3, 0.4) is 0 Å². The SMILES string of the molecule is NCCCc1cc2ccc3cccc4ccc(c1CCCC(N)=O)c2c34. The van der Waals surface area contributed by atoms with Crippen LogP contribution in [-0.4, -0.2) is 12.5 Å². The molecule has 0 aliphatic rings. The molecule has 0 aliphatic carbocycles. The van der Waals surface area contributed by atoms with Gasteiger partial charge >= 0.3 is 0 Å². The molecule has 26 heavy (non-hydrogen) atoms. The van der Waals surface area contributed by atoms with Gasteiger partial charge in [-0.25, -0.2) is 0 Å². The van der Waals surface area contributed by atoms with Crippen LogP contribution in [-0.2, 0) is 17.6 Å². The van der Waals surface area contributed by atoms with Crippen LogP contribution in [0.15, 0.2) is 48.5 Å². The van der Waals surface area contributed by atoms with Crippen LogP contribution >= 0.6 is 0 Å². The molecule has 0 saturated heterocycles. The highest BCUT2D eigenvalue weighted by Crippen LogP contribution is 2.38. The van der Waals surface area contributed by atoms with Gasteiger partial charge in [0.1, 0.15) is 0 Å². The third kappa shape index (κ3) is 2.89. The maximum Gasteiger partial charge on any atom is 0.217 e. The lowest BCUT2D eigenvalue weighted by Crippen LogP contribution is -2.10. The minimum absolute atomic E-state index is 0.230. The first-order valence-electron chi connectivity index (χ1n) is 9.35. The van der Waals surface area contributed by atoms with Gasteiger partial charge in [-0.05, 0) is 75.7 Å². The Labute approximate surface area is 153 Å². The number of carbonyl (C=O) groups is 1. The topological polar surface area (TPSA) is 69.1 Å². The van der Waals surface area contributed by atoms with E-state index >= 15 is 0 Å². The van der Waals surface area contributed by atoms with E-state index in [0.717, 1.165) is 25.7 Å². The van der Waals surface area contributed by atoms with E-state index in [1.54, 1.807) is 0 Å². The predicted octanol–water partition coefficient (Wildman–Crippen LogP) is 4.28. The van der Waals surface area contributed by atoms with E-state index in [2.05, 4.69) is 48.5 Å². The highest BCUT2D eigenvalue weighted by molar-refractivity contribution is 6.23. The zero-order valence-electron chi connectivity index (χ0n) is 14.9.